The zero-order valence-corrected chi connectivity index (χ0v) is 15.3. The van der Waals surface area contributed by atoms with Gasteiger partial charge in [0.25, 0.3) is 0 Å². The first-order valence-corrected chi connectivity index (χ1v) is 9.88. The lowest BCUT2D eigenvalue weighted by Gasteiger charge is -2.16. The monoisotopic (exact) mass is 408 g/mol. The van der Waals surface area contributed by atoms with Gasteiger partial charge < -0.3 is 4.90 Å². The van der Waals surface area contributed by atoms with Crippen LogP contribution in [0.2, 0.25) is 0 Å². The van der Waals surface area contributed by atoms with E-state index in [2.05, 4.69) is 20.7 Å². The molecule has 1 fully saturated rings. The number of nitrogens with zero attached hydrogens (tertiary/aromatic N) is 1. The van der Waals surface area contributed by atoms with Gasteiger partial charge in [-0.15, -0.1) is 0 Å². The highest BCUT2D eigenvalue weighted by Crippen LogP contribution is 2.23. The summed E-state index contributed by atoms with van der Waals surface area (Å²) in [6, 6.07) is 14.1. The number of amides is 1. The lowest BCUT2D eigenvalue weighted by Crippen LogP contribution is -2.24. The fourth-order valence-corrected chi connectivity index (χ4v) is 4.65. The van der Waals surface area contributed by atoms with E-state index in [-0.39, 0.29) is 17.3 Å². The third-order valence-corrected chi connectivity index (χ3v) is 6.33. The second kappa shape index (κ2) is 7.04. The Labute approximate surface area is 149 Å². The molecule has 1 heterocycles. The zero-order chi connectivity index (χ0) is 17.2. The van der Waals surface area contributed by atoms with Crippen LogP contribution in [0.5, 0.6) is 0 Å². The zero-order valence-electron chi connectivity index (χ0n) is 12.9. The van der Waals surface area contributed by atoms with Crippen molar-refractivity contribution in [1.29, 1.82) is 0 Å². The molecule has 1 amide bonds. The first-order chi connectivity index (χ1) is 11.5. The number of carbonyl (C=O) groups excluding carboxylic acids is 1. The number of carbonyl (C=O) groups is 1. The number of sulfonamides is 1. The van der Waals surface area contributed by atoms with Gasteiger partial charge in [0, 0.05) is 29.7 Å². The summed E-state index contributed by atoms with van der Waals surface area (Å²) in [6.07, 6.45) is 1.47. The standard InChI is InChI=1S/C17H17BrN2O3S/c18-15-4-1-2-5-16(15)24(22,23)19-12-13-7-9-14(10-8-13)20-11-3-6-17(20)21/h1-2,4-5,7-10,19H,3,6,11-12H2. The average Bonchev–Trinajstić information content (AvgIpc) is 3.00. The lowest BCUT2D eigenvalue weighted by atomic mass is 10.2. The summed E-state index contributed by atoms with van der Waals surface area (Å²) < 4.78 is 27.8. The number of hydrogen-bond acceptors (Lipinski definition) is 3. The molecule has 3 rings (SSSR count). The minimum atomic E-state index is -3.59. The number of rotatable bonds is 5. The van der Waals surface area contributed by atoms with Crippen LogP contribution in [0, 0.1) is 0 Å². The van der Waals surface area contributed by atoms with Crippen molar-refractivity contribution in [2.24, 2.45) is 0 Å². The molecule has 126 valence electrons. The Kier molecular flexibility index (Phi) is 5.03. The summed E-state index contributed by atoms with van der Waals surface area (Å²) in [6.45, 7) is 0.935. The second-order valence-corrected chi connectivity index (χ2v) is 8.16. The fraction of sp³-hybridized carbons (Fsp3) is 0.235. The molecule has 5 nitrogen and oxygen atoms in total. The Hall–Kier alpha value is -1.70. The van der Waals surface area contributed by atoms with E-state index in [1.165, 1.54) is 0 Å². The molecular formula is C17H17BrN2O3S. The van der Waals surface area contributed by atoms with E-state index >= 15 is 0 Å². The maximum atomic E-state index is 12.4. The van der Waals surface area contributed by atoms with Crippen molar-refractivity contribution in [1.82, 2.24) is 4.72 Å². The highest BCUT2D eigenvalue weighted by molar-refractivity contribution is 9.10. The van der Waals surface area contributed by atoms with E-state index in [0.29, 0.717) is 10.9 Å². The minimum absolute atomic E-state index is 0.136. The highest BCUT2D eigenvalue weighted by Gasteiger charge is 2.21. The molecule has 7 heteroatoms. The van der Waals surface area contributed by atoms with Gasteiger partial charge in [0.2, 0.25) is 15.9 Å². The first kappa shape index (κ1) is 17.1. The minimum Gasteiger partial charge on any atom is -0.312 e. The van der Waals surface area contributed by atoms with Crippen molar-refractivity contribution in [3.63, 3.8) is 0 Å². The Morgan fingerprint density at radius 2 is 1.79 bits per heavy atom. The largest absolute Gasteiger partial charge is 0.312 e. The van der Waals surface area contributed by atoms with Crippen LogP contribution in [0.1, 0.15) is 18.4 Å². The van der Waals surface area contributed by atoms with Gasteiger partial charge in [0.1, 0.15) is 0 Å². The van der Waals surface area contributed by atoms with Crippen LogP contribution in [0.25, 0.3) is 0 Å². The molecule has 2 aromatic carbocycles. The van der Waals surface area contributed by atoms with Gasteiger partial charge >= 0.3 is 0 Å². The van der Waals surface area contributed by atoms with Crippen molar-refractivity contribution in [3.05, 3.63) is 58.6 Å². The van der Waals surface area contributed by atoms with Crippen LogP contribution in [0.15, 0.2) is 57.9 Å². The molecular weight excluding hydrogens is 392 g/mol. The predicted molar refractivity (Wildman–Crippen MR) is 96.2 cm³/mol. The van der Waals surface area contributed by atoms with Crippen LogP contribution in [0.4, 0.5) is 5.69 Å². The van der Waals surface area contributed by atoms with E-state index in [9.17, 15) is 13.2 Å². The second-order valence-electron chi connectivity index (χ2n) is 5.57. The van der Waals surface area contributed by atoms with Gasteiger partial charge in [-0.3, -0.25) is 4.79 Å². The van der Waals surface area contributed by atoms with Crippen molar-refractivity contribution in [2.75, 3.05) is 11.4 Å². The van der Waals surface area contributed by atoms with Crippen molar-refractivity contribution < 1.29 is 13.2 Å². The Morgan fingerprint density at radius 1 is 1.08 bits per heavy atom. The summed E-state index contributed by atoms with van der Waals surface area (Å²) in [5.41, 5.74) is 1.69. The van der Waals surface area contributed by atoms with Gasteiger partial charge in [-0.25, -0.2) is 13.1 Å². The number of hydrogen-bond donors (Lipinski definition) is 1. The smallest absolute Gasteiger partial charge is 0.241 e. The van der Waals surface area contributed by atoms with Gasteiger partial charge in [-0.2, -0.15) is 0 Å². The van der Waals surface area contributed by atoms with Gasteiger partial charge in [0.15, 0.2) is 0 Å². The average molecular weight is 409 g/mol. The van der Waals surface area contributed by atoms with Crippen molar-refractivity contribution >= 4 is 37.5 Å². The molecule has 0 aromatic heterocycles. The molecule has 0 atom stereocenters. The van der Waals surface area contributed by atoms with Crippen LogP contribution in [-0.2, 0) is 21.4 Å². The van der Waals surface area contributed by atoms with Crippen molar-refractivity contribution in [3.8, 4) is 0 Å². The first-order valence-electron chi connectivity index (χ1n) is 7.61. The lowest BCUT2D eigenvalue weighted by molar-refractivity contribution is -0.117. The molecule has 0 aliphatic carbocycles. The summed E-state index contributed by atoms with van der Waals surface area (Å²) in [5.74, 6) is 0.136. The Balaban J connectivity index is 1.69. The number of nitrogens with one attached hydrogen (secondary N) is 1. The molecule has 1 saturated heterocycles. The quantitative estimate of drug-likeness (QED) is 0.826. The number of anilines is 1. The molecule has 0 unspecified atom stereocenters. The van der Waals surface area contributed by atoms with Crippen LogP contribution in [0.3, 0.4) is 0 Å². The molecule has 0 radical (unpaired) electrons. The van der Waals surface area contributed by atoms with Crippen LogP contribution in [-0.4, -0.2) is 20.9 Å². The number of benzene rings is 2. The van der Waals surface area contributed by atoms with Gasteiger partial charge in [-0.05, 0) is 52.2 Å². The summed E-state index contributed by atoms with van der Waals surface area (Å²) in [5, 5.41) is 0. The highest BCUT2D eigenvalue weighted by atomic mass is 79.9. The van der Waals surface area contributed by atoms with E-state index in [4.69, 9.17) is 0 Å². The predicted octanol–water partition coefficient (Wildman–Crippen LogP) is 3.05. The molecule has 2 aromatic rings. The molecule has 1 N–H and O–H groups in total. The molecule has 24 heavy (non-hydrogen) atoms. The van der Waals surface area contributed by atoms with Crippen molar-refractivity contribution in [2.45, 2.75) is 24.3 Å². The molecule has 1 aliphatic heterocycles. The molecule has 0 spiro atoms. The Morgan fingerprint density at radius 3 is 2.42 bits per heavy atom. The van der Waals surface area contributed by atoms with E-state index < -0.39 is 10.0 Å². The normalized spacial score (nSPS) is 15.0. The topological polar surface area (TPSA) is 66.5 Å². The maximum Gasteiger partial charge on any atom is 0.241 e. The SMILES string of the molecule is O=C1CCCN1c1ccc(CNS(=O)(=O)c2ccccc2Br)cc1. The maximum absolute atomic E-state index is 12.4. The van der Waals surface area contributed by atoms with E-state index in [1.807, 2.05) is 24.3 Å². The summed E-state index contributed by atoms with van der Waals surface area (Å²) in [4.78, 5) is 13.7. The number of halogens is 1. The molecule has 0 bridgehead atoms. The summed E-state index contributed by atoms with van der Waals surface area (Å²) >= 11 is 3.25. The molecule has 0 saturated carbocycles. The third-order valence-electron chi connectivity index (χ3n) is 3.91. The van der Waals surface area contributed by atoms with Crippen LogP contribution >= 0.6 is 15.9 Å². The Bertz CT molecular complexity index is 850. The van der Waals surface area contributed by atoms with E-state index in [0.717, 1.165) is 24.2 Å². The van der Waals surface area contributed by atoms with E-state index in [1.54, 1.807) is 29.2 Å². The third kappa shape index (κ3) is 3.68. The fourth-order valence-electron chi connectivity index (χ4n) is 2.63. The summed E-state index contributed by atoms with van der Waals surface area (Å²) in [7, 11) is -3.59. The van der Waals surface area contributed by atoms with Crippen LogP contribution < -0.4 is 9.62 Å². The van der Waals surface area contributed by atoms with Gasteiger partial charge in [-0.1, -0.05) is 24.3 Å². The molecule has 1 aliphatic rings. The van der Waals surface area contributed by atoms with Gasteiger partial charge in [0.05, 0.1) is 4.90 Å².